The highest BCUT2D eigenvalue weighted by Crippen LogP contribution is 2.15. The zero-order valence-electron chi connectivity index (χ0n) is 15.7. The van der Waals surface area contributed by atoms with Crippen LogP contribution >= 0.6 is 0 Å². The third-order valence-electron chi connectivity index (χ3n) is 3.43. The number of benzene rings is 1. The van der Waals surface area contributed by atoms with E-state index in [0.29, 0.717) is 76.8 Å². The quantitative estimate of drug-likeness (QED) is 0.303. The lowest BCUT2D eigenvalue weighted by atomic mass is 10.2. The number of para-hydroxylation sites is 1. The molecule has 0 heterocycles. The fourth-order valence-corrected chi connectivity index (χ4v) is 2.03. The van der Waals surface area contributed by atoms with E-state index in [-0.39, 0.29) is 12.5 Å². The maximum Gasteiger partial charge on any atom is 0.257 e. The van der Waals surface area contributed by atoms with Crippen LogP contribution < -0.4 is 15.8 Å². The summed E-state index contributed by atoms with van der Waals surface area (Å²) in [7, 11) is 0. The summed E-state index contributed by atoms with van der Waals surface area (Å²) in [5, 5.41) is 2.74. The number of aldehydes is 1. The summed E-state index contributed by atoms with van der Waals surface area (Å²) in [6.45, 7) is 4.31. The highest BCUT2D eigenvalue weighted by atomic mass is 16.5. The fraction of sp³-hybridized carbons (Fsp3) is 0.579. The SMILES string of the molecule is NCCCOCCOCCOCCCNC(=O)COc1ccccc1C=O. The molecule has 0 atom stereocenters. The van der Waals surface area contributed by atoms with Crippen LogP contribution in [-0.4, -0.2) is 71.5 Å². The van der Waals surface area contributed by atoms with E-state index in [9.17, 15) is 9.59 Å². The maximum atomic E-state index is 11.7. The molecule has 0 bridgehead atoms. The molecule has 0 unspecified atom stereocenters. The van der Waals surface area contributed by atoms with Gasteiger partial charge in [0.1, 0.15) is 5.75 Å². The van der Waals surface area contributed by atoms with Crippen molar-refractivity contribution < 1.29 is 28.5 Å². The smallest absolute Gasteiger partial charge is 0.257 e. The van der Waals surface area contributed by atoms with Crippen LogP contribution in [0.1, 0.15) is 23.2 Å². The minimum Gasteiger partial charge on any atom is -0.483 e. The first kappa shape index (κ1) is 23.0. The van der Waals surface area contributed by atoms with E-state index < -0.39 is 0 Å². The Hall–Kier alpha value is -2.00. The Balaban J connectivity index is 1.90. The summed E-state index contributed by atoms with van der Waals surface area (Å²) in [5.41, 5.74) is 5.78. The van der Waals surface area contributed by atoms with Crippen LogP contribution in [0, 0.1) is 0 Å². The van der Waals surface area contributed by atoms with Crippen molar-refractivity contribution in [2.75, 3.05) is 59.3 Å². The van der Waals surface area contributed by atoms with Gasteiger partial charge in [-0.1, -0.05) is 12.1 Å². The van der Waals surface area contributed by atoms with Gasteiger partial charge in [-0.2, -0.15) is 0 Å². The van der Waals surface area contributed by atoms with Crippen LogP contribution in [0.25, 0.3) is 0 Å². The van der Waals surface area contributed by atoms with Gasteiger partial charge in [0.25, 0.3) is 5.91 Å². The lowest BCUT2D eigenvalue weighted by Crippen LogP contribution is -2.30. The Morgan fingerprint density at radius 2 is 1.59 bits per heavy atom. The van der Waals surface area contributed by atoms with Gasteiger partial charge in [-0.25, -0.2) is 0 Å². The first-order valence-corrected chi connectivity index (χ1v) is 9.15. The maximum absolute atomic E-state index is 11.7. The molecule has 1 aromatic carbocycles. The molecule has 1 amide bonds. The van der Waals surface area contributed by atoms with Gasteiger partial charge in [0, 0.05) is 19.8 Å². The van der Waals surface area contributed by atoms with E-state index in [1.807, 2.05) is 0 Å². The molecule has 27 heavy (non-hydrogen) atoms. The normalized spacial score (nSPS) is 10.6. The molecule has 0 aliphatic carbocycles. The molecule has 1 aromatic rings. The summed E-state index contributed by atoms with van der Waals surface area (Å²) in [6.07, 6.45) is 2.25. The van der Waals surface area contributed by atoms with E-state index in [0.717, 1.165) is 6.42 Å². The van der Waals surface area contributed by atoms with Crippen molar-refractivity contribution in [3.05, 3.63) is 29.8 Å². The Bertz CT molecular complexity index is 527. The predicted molar refractivity (Wildman–Crippen MR) is 101 cm³/mol. The molecule has 8 heteroatoms. The molecule has 0 fully saturated rings. The zero-order chi connectivity index (χ0) is 19.6. The van der Waals surface area contributed by atoms with E-state index in [1.165, 1.54) is 0 Å². The van der Waals surface area contributed by atoms with Gasteiger partial charge in [0.15, 0.2) is 12.9 Å². The number of nitrogens with one attached hydrogen (secondary N) is 1. The van der Waals surface area contributed by atoms with Gasteiger partial charge in [0.05, 0.1) is 32.0 Å². The highest BCUT2D eigenvalue weighted by Gasteiger charge is 2.05. The number of amides is 1. The molecular weight excluding hydrogens is 352 g/mol. The van der Waals surface area contributed by atoms with Crippen molar-refractivity contribution in [3.8, 4) is 5.75 Å². The summed E-state index contributed by atoms with van der Waals surface area (Å²) in [5.74, 6) is 0.157. The van der Waals surface area contributed by atoms with Crippen molar-refractivity contribution in [3.63, 3.8) is 0 Å². The largest absolute Gasteiger partial charge is 0.483 e. The zero-order valence-corrected chi connectivity index (χ0v) is 15.7. The second-order valence-corrected chi connectivity index (χ2v) is 5.63. The van der Waals surface area contributed by atoms with E-state index in [1.54, 1.807) is 24.3 Å². The van der Waals surface area contributed by atoms with Crippen molar-refractivity contribution in [2.45, 2.75) is 12.8 Å². The standard InChI is InChI=1S/C19H30N2O6/c20-7-3-9-24-11-13-26-14-12-25-10-4-8-21-19(23)16-27-18-6-2-1-5-17(18)15-22/h1-2,5-6,15H,3-4,7-14,16,20H2,(H,21,23). The number of ether oxygens (including phenoxy) is 4. The van der Waals surface area contributed by atoms with Crippen LogP contribution in [0.4, 0.5) is 0 Å². The number of carbonyl (C=O) groups is 2. The average Bonchev–Trinajstić information content (AvgIpc) is 2.70. The van der Waals surface area contributed by atoms with Gasteiger partial charge >= 0.3 is 0 Å². The predicted octanol–water partition coefficient (Wildman–Crippen LogP) is 0.783. The summed E-state index contributed by atoms with van der Waals surface area (Å²) in [4.78, 5) is 22.6. The van der Waals surface area contributed by atoms with Gasteiger partial charge < -0.3 is 30.0 Å². The molecule has 8 nitrogen and oxygen atoms in total. The fourth-order valence-electron chi connectivity index (χ4n) is 2.03. The van der Waals surface area contributed by atoms with E-state index in [4.69, 9.17) is 24.7 Å². The monoisotopic (exact) mass is 382 g/mol. The van der Waals surface area contributed by atoms with Crippen molar-refractivity contribution >= 4 is 12.2 Å². The first-order chi connectivity index (χ1) is 13.3. The Morgan fingerprint density at radius 3 is 2.26 bits per heavy atom. The van der Waals surface area contributed by atoms with Crippen LogP contribution in [0.5, 0.6) is 5.75 Å². The van der Waals surface area contributed by atoms with Crippen LogP contribution in [-0.2, 0) is 19.0 Å². The van der Waals surface area contributed by atoms with Crippen molar-refractivity contribution in [1.29, 1.82) is 0 Å². The molecule has 0 aliphatic heterocycles. The number of rotatable bonds is 17. The van der Waals surface area contributed by atoms with Crippen molar-refractivity contribution in [2.24, 2.45) is 5.73 Å². The van der Waals surface area contributed by atoms with Gasteiger partial charge in [-0.05, 0) is 31.5 Å². The average molecular weight is 382 g/mol. The molecule has 0 radical (unpaired) electrons. The van der Waals surface area contributed by atoms with E-state index >= 15 is 0 Å². The Kier molecular flexibility index (Phi) is 13.8. The summed E-state index contributed by atoms with van der Waals surface area (Å²) >= 11 is 0. The molecule has 3 N–H and O–H groups in total. The van der Waals surface area contributed by atoms with Gasteiger partial charge in [-0.15, -0.1) is 0 Å². The lowest BCUT2D eigenvalue weighted by Gasteiger charge is -2.09. The molecule has 152 valence electrons. The highest BCUT2D eigenvalue weighted by molar-refractivity contribution is 5.80. The topological polar surface area (TPSA) is 109 Å². The molecule has 0 spiro atoms. The molecule has 0 saturated carbocycles. The second kappa shape index (κ2) is 16.2. The number of carbonyl (C=O) groups excluding carboxylic acids is 2. The Labute approximate surface area is 160 Å². The van der Waals surface area contributed by atoms with Crippen LogP contribution in [0.15, 0.2) is 24.3 Å². The minimum atomic E-state index is -0.242. The Morgan fingerprint density at radius 1 is 0.963 bits per heavy atom. The number of nitrogens with two attached hydrogens (primary N) is 1. The van der Waals surface area contributed by atoms with Crippen LogP contribution in [0.3, 0.4) is 0 Å². The number of hydrogen-bond donors (Lipinski definition) is 2. The number of hydrogen-bond acceptors (Lipinski definition) is 7. The third-order valence-corrected chi connectivity index (χ3v) is 3.43. The lowest BCUT2D eigenvalue weighted by molar-refractivity contribution is -0.123. The molecular formula is C19H30N2O6. The molecule has 0 aromatic heterocycles. The summed E-state index contributed by atoms with van der Waals surface area (Å²) in [6, 6.07) is 6.77. The van der Waals surface area contributed by atoms with Crippen molar-refractivity contribution in [1.82, 2.24) is 5.32 Å². The van der Waals surface area contributed by atoms with Gasteiger partial charge in [0.2, 0.25) is 0 Å². The first-order valence-electron chi connectivity index (χ1n) is 9.15. The van der Waals surface area contributed by atoms with Gasteiger partial charge in [-0.3, -0.25) is 9.59 Å². The minimum absolute atomic E-state index is 0.132. The van der Waals surface area contributed by atoms with Crippen LogP contribution in [0.2, 0.25) is 0 Å². The van der Waals surface area contributed by atoms with E-state index in [2.05, 4.69) is 5.32 Å². The second-order valence-electron chi connectivity index (χ2n) is 5.63. The third kappa shape index (κ3) is 12.1. The molecule has 0 aliphatic rings. The molecule has 1 rings (SSSR count). The summed E-state index contributed by atoms with van der Waals surface area (Å²) < 4.78 is 21.4. The molecule has 0 saturated heterocycles.